The second-order valence-electron chi connectivity index (χ2n) is 4.79. The Morgan fingerprint density at radius 1 is 1.29 bits per heavy atom. The molecular weight excluding hydrogens is 212 g/mol. The number of hydrogen-bond donors (Lipinski definition) is 2. The summed E-state index contributed by atoms with van der Waals surface area (Å²) in [6.45, 7) is 5.98. The Hall–Kier alpha value is -1.79. The lowest BCUT2D eigenvalue weighted by atomic mass is 9.95. The van der Waals surface area contributed by atoms with Crippen molar-refractivity contribution in [3.63, 3.8) is 0 Å². The predicted octanol–water partition coefficient (Wildman–Crippen LogP) is 1.98. The number of amides is 1. The zero-order chi connectivity index (χ0) is 12.9. The van der Waals surface area contributed by atoms with Crippen LogP contribution in [0.5, 0.6) is 0 Å². The van der Waals surface area contributed by atoms with E-state index in [0.717, 1.165) is 11.3 Å². The summed E-state index contributed by atoms with van der Waals surface area (Å²) in [4.78, 5) is 11.7. The molecule has 0 fully saturated rings. The fourth-order valence-corrected chi connectivity index (χ4v) is 1.11. The Balaban J connectivity index is 2.72. The van der Waals surface area contributed by atoms with Crippen LogP contribution < -0.4 is 11.1 Å². The molecule has 17 heavy (non-hydrogen) atoms. The number of carbonyl (C=O) groups excluding carboxylic acids is 1. The molecule has 0 atom stereocenters. The van der Waals surface area contributed by atoms with Crippen LogP contribution in [0, 0.1) is 17.3 Å². The first-order valence-electron chi connectivity index (χ1n) is 5.54. The van der Waals surface area contributed by atoms with E-state index in [9.17, 15) is 4.79 Å². The van der Waals surface area contributed by atoms with E-state index in [-0.39, 0.29) is 5.91 Å². The second-order valence-corrected chi connectivity index (χ2v) is 4.79. The molecule has 3 heteroatoms. The molecule has 90 valence electrons. The van der Waals surface area contributed by atoms with E-state index in [1.165, 1.54) is 0 Å². The van der Waals surface area contributed by atoms with Crippen molar-refractivity contribution in [1.29, 1.82) is 0 Å². The molecule has 0 aliphatic heterocycles. The monoisotopic (exact) mass is 230 g/mol. The van der Waals surface area contributed by atoms with Crippen molar-refractivity contribution in [2.45, 2.75) is 20.8 Å². The Bertz CT molecular complexity index is 444. The van der Waals surface area contributed by atoms with E-state index in [1.54, 1.807) is 0 Å². The van der Waals surface area contributed by atoms with E-state index in [1.807, 2.05) is 45.0 Å². The fraction of sp³-hybridized carbons (Fsp3) is 0.357. The van der Waals surface area contributed by atoms with Gasteiger partial charge < -0.3 is 11.1 Å². The van der Waals surface area contributed by atoms with Gasteiger partial charge in [-0.2, -0.15) is 0 Å². The van der Waals surface area contributed by atoms with Gasteiger partial charge in [-0.25, -0.2) is 0 Å². The summed E-state index contributed by atoms with van der Waals surface area (Å²) in [6.07, 6.45) is 0. The van der Waals surface area contributed by atoms with Gasteiger partial charge in [0.05, 0.1) is 6.54 Å². The summed E-state index contributed by atoms with van der Waals surface area (Å²) in [5.41, 5.74) is 6.57. The summed E-state index contributed by atoms with van der Waals surface area (Å²) in [7, 11) is 0. The minimum Gasteiger partial charge on any atom is -0.326 e. The molecule has 3 nitrogen and oxygen atoms in total. The molecule has 0 heterocycles. The summed E-state index contributed by atoms with van der Waals surface area (Å²) in [5, 5.41) is 2.85. The lowest BCUT2D eigenvalue weighted by molar-refractivity contribution is -0.123. The van der Waals surface area contributed by atoms with E-state index < -0.39 is 5.41 Å². The van der Waals surface area contributed by atoms with Gasteiger partial charge in [0.1, 0.15) is 0 Å². The number of rotatable bonds is 1. The maximum atomic E-state index is 11.7. The quantitative estimate of drug-likeness (QED) is 0.725. The van der Waals surface area contributed by atoms with Crippen LogP contribution in [-0.2, 0) is 4.79 Å². The van der Waals surface area contributed by atoms with Crippen molar-refractivity contribution >= 4 is 11.6 Å². The summed E-state index contributed by atoms with van der Waals surface area (Å²) < 4.78 is 0. The van der Waals surface area contributed by atoms with E-state index >= 15 is 0 Å². The third kappa shape index (κ3) is 4.29. The molecule has 0 aliphatic rings. The highest BCUT2D eigenvalue weighted by Crippen LogP contribution is 2.17. The van der Waals surface area contributed by atoms with Crippen LogP contribution in [0.1, 0.15) is 26.3 Å². The molecule has 0 aliphatic carbocycles. The fourth-order valence-electron chi connectivity index (χ4n) is 1.11. The van der Waals surface area contributed by atoms with Gasteiger partial charge in [0.25, 0.3) is 0 Å². The Labute approximate surface area is 102 Å². The number of carbonyl (C=O) groups is 1. The molecule has 1 aromatic rings. The molecule has 3 N–H and O–H groups in total. The SMILES string of the molecule is CC(C)(C)C(=O)Nc1ccc(C#CCN)cc1. The summed E-state index contributed by atoms with van der Waals surface area (Å²) in [5.74, 6) is 5.71. The third-order valence-electron chi connectivity index (χ3n) is 2.16. The first-order valence-corrected chi connectivity index (χ1v) is 5.54. The van der Waals surface area contributed by atoms with Crippen molar-refractivity contribution in [3.05, 3.63) is 29.8 Å². The first-order chi connectivity index (χ1) is 7.93. The lowest BCUT2D eigenvalue weighted by Crippen LogP contribution is -2.27. The molecule has 0 radical (unpaired) electrons. The number of nitrogens with one attached hydrogen (secondary N) is 1. The Kier molecular flexibility index (Phi) is 4.30. The van der Waals surface area contributed by atoms with E-state index in [0.29, 0.717) is 6.54 Å². The minimum absolute atomic E-state index is 0.00158. The van der Waals surface area contributed by atoms with E-state index in [4.69, 9.17) is 5.73 Å². The van der Waals surface area contributed by atoms with Gasteiger partial charge in [0, 0.05) is 16.7 Å². The predicted molar refractivity (Wildman–Crippen MR) is 70.5 cm³/mol. The number of anilines is 1. The highest BCUT2D eigenvalue weighted by atomic mass is 16.2. The zero-order valence-corrected chi connectivity index (χ0v) is 10.5. The van der Waals surface area contributed by atoms with Gasteiger partial charge in [-0.15, -0.1) is 0 Å². The van der Waals surface area contributed by atoms with Crippen molar-refractivity contribution < 1.29 is 4.79 Å². The molecular formula is C14H18N2O. The van der Waals surface area contributed by atoms with Crippen molar-refractivity contribution in [1.82, 2.24) is 0 Å². The number of hydrogen-bond acceptors (Lipinski definition) is 2. The highest BCUT2D eigenvalue weighted by molar-refractivity contribution is 5.94. The van der Waals surface area contributed by atoms with Crippen LogP contribution in [0.3, 0.4) is 0 Å². The van der Waals surface area contributed by atoms with Crippen LogP contribution in [-0.4, -0.2) is 12.5 Å². The first kappa shape index (κ1) is 13.3. The molecule has 0 spiro atoms. The Morgan fingerprint density at radius 2 is 1.88 bits per heavy atom. The van der Waals surface area contributed by atoms with Gasteiger partial charge in [0.15, 0.2) is 0 Å². The normalized spacial score (nSPS) is 10.4. The minimum atomic E-state index is -0.391. The molecule has 0 saturated carbocycles. The number of benzene rings is 1. The maximum Gasteiger partial charge on any atom is 0.229 e. The molecule has 1 aromatic carbocycles. The van der Waals surface area contributed by atoms with Gasteiger partial charge >= 0.3 is 0 Å². The van der Waals surface area contributed by atoms with Crippen molar-refractivity contribution in [2.24, 2.45) is 11.1 Å². The van der Waals surface area contributed by atoms with Crippen molar-refractivity contribution in [3.8, 4) is 11.8 Å². The van der Waals surface area contributed by atoms with Crippen LogP contribution in [0.4, 0.5) is 5.69 Å². The lowest BCUT2D eigenvalue weighted by Gasteiger charge is -2.17. The Morgan fingerprint density at radius 3 is 2.35 bits per heavy atom. The second kappa shape index (κ2) is 5.51. The van der Waals surface area contributed by atoms with Gasteiger partial charge in [-0.1, -0.05) is 32.6 Å². The maximum absolute atomic E-state index is 11.7. The molecule has 0 unspecified atom stereocenters. The largest absolute Gasteiger partial charge is 0.326 e. The molecule has 1 rings (SSSR count). The summed E-state index contributed by atoms with van der Waals surface area (Å²) >= 11 is 0. The molecule has 1 amide bonds. The standard InChI is InChI=1S/C14H18N2O/c1-14(2,3)13(17)16-12-8-6-11(7-9-12)5-4-10-15/h6-9H,10,15H2,1-3H3,(H,16,17). The molecule has 0 saturated heterocycles. The van der Waals surface area contributed by atoms with Crippen LogP contribution >= 0.6 is 0 Å². The average Bonchev–Trinajstić information content (AvgIpc) is 2.27. The zero-order valence-electron chi connectivity index (χ0n) is 10.5. The van der Waals surface area contributed by atoms with Crippen molar-refractivity contribution in [2.75, 3.05) is 11.9 Å². The smallest absolute Gasteiger partial charge is 0.229 e. The van der Waals surface area contributed by atoms with Gasteiger partial charge in [0.2, 0.25) is 5.91 Å². The number of nitrogens with two attached hydrogens (primary N) is 1. The summed E-state index contributed by atoms with van der Waals surface area (Å²) in [6, 6.07) is 7.40. The third-order valence-corrected chi connectivity index (χ3v) is 2.16. The molecule has 0 aromatic heterocycles. The molecule has 0 bridgehead atoms. The topological polar surface area (TPSA) is 55.1 Å². The highest BCUT2D eigenvalue weighted by Gasteiger charge is 2.20. The average molecular weight is 230 g/mol. The van der Waals surface area contributed by atoms with Crippen LogP contribution in [0.25, 0.3) is 0 Å². The van der Waals surface area contributed by atoms with Gasteiger partial charge in [-0.05, 0) is 24.3 Å². The van der Waals surface area contributed by atoms with E-state index in [2.05, 4.69) is 17.2 Å². The van der Waals surface area contributed by atoms with Crippen LogP contribution in [0.15, 0.2) is 24.3 Å². The van der Waals surface area contributed by atoms with Crippen LogP contribution in [0.2, 0.25) is 0 Å². The van der Waals surface area contributed by atoms with Gasteiger partial charge in [-0.3, -0.25) is 4.79 Å².